The van der Waals surface area contributed by atoms with Gasteiger partial charge in [0, 0.05) is 24.5 Å². The number of rotatable bonds is 3. The molecule has 3 aliphatic rings. The number of nitrogens with zero attached hydrogens (tertiary/aromatic N) is 4. The van der Waals surface area contributed by atoms with Crippen molar-refractivity contribution in [2.24, 2.45) is 5.92 Å². The number of nitrogens with two attached hydrogens (primary N) is 1. The highest BCUT2D eigenvalue weighted by molar-refractivity contribution is 5.61. The van der Waals surface area contributed by atoms with Crippen LogP contribution >= 0.6 is 0 Å². The Labute approximate surface area is 187 Å². The normalized spacial score (nSPS) is 21.6. The molecular formula is C23H34F3N5O. The number of hydrogen-bond donors (Lipinski definition) is 1. The van der Waals surface area contributed by atoms with E-state index in [0.29, 0.717) is 17.3 Å². The van der Waals surface area contributed by atoms with Crippen molar-refractivity contribution in [3.8, 4) is 11.3 Å². The Bertz CT molecular complexity index is 862. The Morgan fingerprint density at radius 1 is 1.12 bits per heavy atom. The molecule has 0 bridgehead atoms. The lowest BCUT2D eigenvalue weighted by Gasteiger charge is -2.34. The van der Waals surface area contributed by atoms with Crippen LogP contribution in [0.15, 0.2) is 24.5 Å². The first kappa shape index (κ1) is 24.5. The third-order valence-corrected chi connectivity index (χ3v) is 6.17. The van der Waals surface area contributed by atoms with E-state index in [1.807, 2.05) is 18.5 Å². The number of anilines is 1. The molecule has 1 aliphatic carbocycles. The molecular weight excluding hydrogens is 419 g/mol. The van der Waals surface area contributed by atoms with E-state index in [4.69, 9.17) is 10.5 Å². The molecule has 1 atom stereocenters. The zero-order valence-electron chi connectivity index (χ0n) is 19.1. The van der Waals surface area contributed by atoms with E-state index < -0.39 is 17.6 Å². The van der Waals surface area contributed by atoms with Gasteiger partial charge in [-0.05, 0) is 50.3 Å². The molecule has 32 heavy (non-hydrogen) atoms. The summed E-state index contributed by atoms with van der Waals surface area (Å²) in [5.74, 6) is 0.403. The molecule has 0 amide bonds. The van der Waals surface area contributed by atoms with Gasteiger partial charge in [0.15, 0.2) is 0 Å². The molecule has 2 saturated heterocycles. The number of pyridine rings is 1. The molecule has 0 aromatic carbocycles. The highest BCUT2D eigenvalue weighted by atomic mass is 19.4. The molecule has 6 nitrogen and oxygen atoms in total. The number of alkyl halides is 3. The van der Waals surface area contributed by atoms with E-state index in [9.17, 15) is 13.2 Å². The average molecular weight is 454 g/mol. The van der Waals surface area contributed by atoms with E-state index in [1.165, 1.54) is 32.1 Å². The Kier molecular flexibility index (Phi) is 8.16. The molecule has 2 aromatic heterocycles. The highest BCUT2D eigenvalue weighted by Gasteiger charge is 2.34. The van der Waals surface area contributed by atoms with Gasteiger partial charge in [-0.25, -0.2) is 4.98 Å². The number of nitrogen functional groups attached to an aromatic ring is 1. The molecule has 0 spiro atoms. The second-order valence-corrected chi connectivity index (χ2v) is 8.50. The summed E-state index contributed by atoms with van der Waals surface area (Å²) in [5.41, 5.74) is 5.16. The molecule has 9 heteroatoms. The van der Waals surface area contributed by atoms with Gasteiger partial charge >= 0.3 is 6.18 Å². The lowest BCUT2D eigenvalue weighted by molar-refractivity contribution is -0.137. The smallest absolute Gasteiger partial charge is 0.383 e. The van der Waals surface area contributed by atoms with Crippen molar-refractivity contribution >= 4 is 5.82 Å². The maximum atomic E-state index is 12.8. The summed E-state index contributed by atoms with van der Waals surface area (Å²) >= 11 is 0. The summed E-state index contributed by atoms with van der Waals surface area (Å²) in [6.07, 6.45) is 3.28. The van der Waals surface area contributed by atoms with E-state index in [1.54, 1.807) is 12.3 Å². The van der Waals surface area contributed by atoms with Gasteiger partial charge in [-0.1, -0.05) is 20.8 Å². The largest absolute Gasteiger partial charge is 0.419 e. The number of halogens is 3. The topological polar surface area (TPSA) is 69.2 Å². The molecule has 2 N–H and O–H groups in total. The molecule has 4 heterocycles. The quantitative estimate of drug-likeness (QED) is 0.706. The minimum atomic E-state index is -4.51. The number of ether oxygens (including phenoxy) is 1. The molecule has 1 unspecified atom stereocenters. The minimum absolute atomic E-state index is 0.324. The fraction of sp³-hybridized carbons (Fsp3) is 0.652. The zero-order valence-corrected chi connectivity index (χ0v) is 19.1. The van der Waals surface area contributed by atoms with Crippen LogP contribution in [-0.2, 0) is 10.9 Å². The predicted octanol–water partition coefficient (Wildman–Crippen LogP) is 5.02. The van der Waals surface area contributed by atoms with Crippen molar-refractivity contribution in [3.05, 3.63) is 30.1 Å². The van der Waals surface area contributed by atoms with Crippen LogP contribution in [0.5, 0.6) is 0 Å². The molecule has 0 radical (unpaired) electrons. The molecule has 178 valence electrons. The second kappa shape index (κ2) is 10.7. The first-order valence-electron chi connectivity index (χ1n) is 11.5. The third kappa shape index (κ3) is 5.81. The maximum Gasteiger partial charge on any atom is 0.419 e. The zero-order chi connectivity index (χ0) is 23.3. The standard InChI is InChI=1S/C13H13F3N4.C8H15NO.C2H6/c14-13(15,16)10-6-8(7-18-12(10)17)11-4-5-20(19-11)9-2-1-3-9;1-7-2-3-9(4-7)8-5-10-6-8;1-2/h4-7,9H,1-3H2,(H2,17,18);7-8H,2-6H2,1H3;1-2H3. The SMILES string of the molecule is CC.CC1CCN(C2COC2)C1.Nc1ncc(-c2ccn(C3CCC3)n2)cc1C(F)(F)F. The predicted molar refractivity (Wildman–Crippen MR) is 119 cm³/mol. The molecule has 2 aliphatic heterocycles. The van der Waals surface area contributed by atoms with Gasteiger partial charge in [0.25, 0.3) is 0 Å². The van der Waals surface area contributed by atoms with Crippen molar-refractivity contribution < 1.29 is 17.9 Å². The van der Waals surface area contributed by atoms with Gasteiger partial charge in [0.2, 0.25) is 0 Å². The summed E-state index contributed by atoms with van der Waals surface area (Å²) in [7, 11) is 0. The van der Waals surface area contributed by atoms with Gasteiger partial charge in [0.05, 0.1) is 36.6 Å². The molecule has 5 rings (SSSR count). The van der Waals surface area contributed by atoms with Gasteiger partial charge in [-0.15, -0.1) is 0 Å². The Morgan fingerprint density at radius 3 is 2.34 bits per heavy atom. The summed E-state index contributed by atoms with van der Waals surface area (Å²) in [6.45, 7) is 10.9. The van der Waals surface area contributed by atoms with Crippen molar-refractivity contribution in [3.63, 3.8) is 0 Å². The monoisotopic (exact) mass is 453 g/mol. The second-order valence-electron chi connectivity index (χ2n) is 8.50. The van der Waals surface area contributed by atoms with E-state index in [0.717, 1.165) is 44.1 Å². The van der Waals surface area contributed by atoms with Gasteiger partial charge < -0.3 is 10.5 Å². The minimum Gasteiger partial charge on any atom is -0.383 e. The van der Waals surface area contributed by atoms with Crippen LogP contribution in [0.2, 0.25) is 0 Å². The van der Waals surface area contributed by atoms with Crippen LogP contribution in [0, 0.1) is 5.92 Å². The van der Waals surface area contributed by atoms with E-state index in [-0.39, 0.29) is 0 Å². The number of hydrogen-bond acceptors (Lipinski definition) is 5. The molecule has 2 aromatic rings. The first-order valence-corrected chi connectivity index (χ1v) is 11.5. The highest BCUT2D eigenvalue weighted by Crippen LogP contribution is 2.35. The summed E-state index contributed by atoms with van der Waals surface area (Å²) in [4.78, 5) is 6.18. The lowest BCUT2D eigenvalue weighted by Crippen LogP contribution is -2.47. The van der Waals surface area contributed by atoms with Crippen molar-refractivity contribution in [2.45, 2.75) is 64.7 Å². The van der Waals surface area contributed by atoms with Crippen LogP contribution in [0.4, 0.5) is 19.0 Å². The lowest BCUT2D eigenvalue weighted by atomic mass is 9.93. The summed E-state index contributed by atoms with van der Waals surface area (Å²) in [5, 5.41) is 4.32. The van der Waals surface area contributed by atoms with Gasteiger partial charge in [-0.2, -0.15) is 18.3 Å². The van der Waals surface area contributed by atoms with E-state index in [2.05, 4.69) is 21.9 Å². The molecule has 3 fully saturated rings. The van der Waals surface area contributed by atoms with Crippen molar-refractivity contribution in [2.75, 3.05) is 32.0 Å². The Hall–Kier alpha value is -2.13. The Balaban J connectivity index is 0.000000201. The summed E-state index contributed by atoms with van der Waals surface area (Å²) in [6, 6.07) is 3.83. The first-order chi connectivity index (χ1) is 15.3. The van der Waals surface area contributed by atoms with Crippen molar-refractivity contribution in [1.82, 2.24) is 19.7 Å². The van der Waals surface area contributed by atoms with Crippen LogP contribution < -0.4 is 5.73 Å². The van der Waals surface area contributed by atoms with Crippen LogP contribution in [0.1, 0.15) is 58.1 Å². The maximum absolute atomic E-state index is 12.8. The van der Waals surface area contributed by atoms with Gasteiger partial charge in [0.1, 0.15) is 5.82 Å². The molecule has 1 saturated carbocycles. The number of likely N-dealkylation sites (tertiary alicyclic amines) is 1. The number of aromatic nitrogens is 3. The van der Waals surface area contributed by atoms with Crippen LogP contribution in [0.3, 0.4) is 0 Å². The Morgan fingerprint density at radius 2 is 1.84 bits per heavy atom. The van der Waals surface area contributed by atoms with Crippen LogP contribution in [0.25, 0.3) is 11.3 Å². The van der Waals surface area contributed by atoms with Crippen molar-refractivity contribution in [1.29, 1.82) is 0 Å². The average Bonchev–Trinajstić information content (AvgIpc) is 3.30. The third-order valence-electron chi connectivity index (χ3n) is 6.17. The summed E-state index contributed by atoms with van der Waals surface area (Å²) < 4.78 is 45.3. The van der Waals surface area contributed by atoms with Crippen LogP contribution in [-0.4, -0.2) is 52.0 Å². The fourth-order valence-corrected chi connectivity index (χ4v) is 3.92. The fourth-order valence-electron chi connectivity index (χ4n) is 3.92. The van der Waals surface area contributed by atoms with E-state index >= 15 is 0 Å². The van der Waals surface area contributed by atoms with Gasteiger partial charge in [-0.3, -0.25) is 9.58 Å².